The molecule has 0 aromatic heterocycles. The number of carboxylic acids is 1. The Morgan fingerprint density at radius 3 is 3.00 bits per heavy atom. The predicted octanol–water partition coefficient (Wildman–Crippen LogP) is 0.841. The lowest BCUT2D eigenvalue weighted by Gasteiger charge is -2.21. The van der Waals surface area contributed by atoms with E-state index in [1.807, 2.05) is 41.3 Å². The topological polar surface area (TPSA) is 78.9 Å². The molecular formula is C17H20N2O4. The third kappa shape index (κ3) is 2.70. The van der Waals surface area contributed by atoms with Crippen molar-refractivity contribution in [1.82, 2.24) is 10.2 Å². The molecule has 2 fully saturated rings. The Kier molecular flexibility index (Phi) is 4.09. The summed E-state index contributed by atoms with van der Waals surface area (Å²) in [5.41, 5.74) is -0.00453. The highest BCUT2D eigenvalue weighted by atomic mass is 16.5. The normalized spacial score (nSPS) is 27.2. The summed E-state index contributed by atoms with van der Waals surface area (Å²) in [6, 6.07) is 7.70. The Bertz CT molecular complexity index is 658. The monoisotopic (exact) mass is 316 g/mol. The molecule has 6 heteroatoms. The van der Waals surface area contributed by atoms with Crippen LogP contribution in [0.2, 0.25) is 0 Å². The maximum Gasteiger partial charge on any atom is 0.313 e. The van der Waals surface area contributed by atoms with E-state index < -0.39 is 17.3 Å². The third-order valence-corrected chi connectivity index (χ3v) is 4.73. The molecule has 0 unspecified atom stereocenters. The van der Waals surface area contributed by atoms with Crippen molar-refractivity contribution in [2.24, 2.45) is 11.3 Å². The van der Waals surface area contributed by atoms with Gasteiger partial charge in [0, 0.05) is 31.7 Å². The van der Waals surface area contributed by atoms with Gasteiger partial charge in [-0.15, -0.1) is 0 Å². The highest BCUT2D eigenvalue weighted by molar-refractivity contribution is 5.92. The van der Waals surface area contributed by atoms with E-state index in [4.69, 9.17) is 4.74 Å². The molecule has 2 saturated heterocycles. The molecule has 1 aromatic carbocycles. The smallest absolute Gasteiger partial charge is 0.313 e. The number of carbonyl (C=O) groups is 2. The SMILES string of the molecule is COc1ccccc1/C=C/CN1C[C@H]2C(=O)NC[C@@]2(C(=O)O)C1. The van der Waals surface area contributed by atoms with E-state index in [-0.39, 0.29) is 12.5 Å². The Hall–Kier alpha value is -2.34. The molecule has 3 rings (SSSR count). The lowest BCUT2D eigenvalue weighted by atomic mass is 9.81. The van der Waals surface area contributed by atoms with Crippen molar-refractivity contribution < 1.29 is 19.4 Å². The van der Waals surface area contributed by atoms with E-state index in [9.17, 15) is 14.7 Å². The van der Waals surface area contributed by atoms with Crippen molar-refractivity contribution in [3.8, 4) is 5.75 Å². The summed E-state index contributed by atoms with van der Waals surface area (Å²) < 4.78 is 5.29. The summed E-state index contributed by atoms with van der Waals surface area (Å²) in [6.45, 7) is 1.70. The zero-order valence-electron chi connectivity index (χ0n) is 13.0. The molecule has 0 saturated carbocycles. The fraction of sp³-hybridized carbons (Fsp3) is 0.412. The zero-order chi connectivity index (χ0) is 16.4. The van der Waals surface area contributed by atoms with Gasteiger partial charge >= 0.3 is 5.97 Å². The summed E-state index contributed by atoms with van der Waals surface area (Å²) in [5.74, 6) is -0.705. The fourth-order valence-electron chi connectivity index (χ4n) is 3.45. The van der Waals surface area contributed by atoms with Crippen LogP contribution in [0, 0.1) is 11.3 Å². The molecule has 2 aliphatic heterocycles. The van der Waals surface area contributed by atoms with E-state index in [1.54, 1.807) is 7.11 Å². The van der Waals surface area contributed by atoms with Crippen molar-refractivity contribution >= 4 is 18.0 Å². The van der Waals surface area contributed by atoms with Crippen LogP contribution in [0.5, 0.6) is 5.75 Å². The average Bonchev–Trinajstić information content (AvgIpc) is 3.06. The second kappa shape index (κ2) is 6.04. The molecule has 0 aliphatic carbocycles. The van der Waals surface area contributed by atoms with E-state index in [1.165, 1.54) is 0 Å². The van der Waals surface area contributed by atoms with Crippen LogP contribution >= 0.6 is 0 Å². The first-order valence-corrected chi connectivity index (χ1v) is 7.60. The average molecular weight is 316 g/mol. The van der Waals surface area contributed by atoms with Gasteiger partial charge in [0.05, 0.1) is 13.0 Å². The number of para-hydroxylation sites is 1. The highest BCUT2D eigenvalue weighted by Crippen LogP contribution is 2.39. The second-order valence-corrected chi connectivity index (χ2v) is 6.07. The summed E-state index contributed by atoms with van der Waals surface area (Å²) in [6.07, 6.45) is 3.94. The molecule has 1 amide bonds. The molecule has 0 spiro atoms. The summed E-state index contributed by atoms with van der Waals surface area (Å²) >= 11 is 0. The van der Waals surface area contributed by atoms with Crippen LogP contribution in [0.15, 0.2) is 30.3 Å². The largest absolute Gasteiger partial charge is 0.496 e. The van der Waals surface area contributed by atoms with Gasteiger partial charge in [0.1, 0.15) is 11.2 Å². The molecule has 122 valence electrons. The van der Waals surface area contributed by atoms with Crippen molar-refractivity contribution in [2.75, 3.05) is 33.3 Å². The first-order valence-electron chi connectivity index (χ1n) is 7.60. The molecule has 2 aliphatic rings. The number of nitrogens with zero attached hydrogens (tertiary/aromatic N) is 1. The van der Waals surface area contributed by atoms with Crippen LogP contribution in [0.1, 0.15) is 5.56 Å². The van der Waals surface area contributed by atoms with Crippen LogP contribution in [0.4, 0.5) is 0 Å². The van der Waals surface area contributed by atoms with Crippen molar-refractivity contribution in [3.05, 3.63) is 35.9 Å². The maximum absolute atomic E-state index is 11.9. The van der Waals surface area contributed by atoms with Crippen LogP contribution in [0.25, 0.3) is 6.08 Å². The molecule has 0 radical (unpaired) electrons. The summed E-state index contributed by atoms with van der Waals surface area (Å²) in [4.78, 5) is 25.5. The summed E-state index contributed by atoms with van der Waals surface area (Å²) in [7, 11) is 1.63. The number of rotatable bonds is 5. The number of nitrogens with one attached hydrogen (secondary N) is 1. The number of ether oxygens (including phenoxy) is 1. The molecule has 23 heavy (non-hydrogen) atoms. The van der Waals surface area contributed by atoms with Crippen LogP contribution in [0.3, 0.4) is 0 Å². The van der Waals surface area contributed by atoms with Crippen molar-refractivity contribution in [1.29, 1.82) is 0 Å². The van der Waals surface area contributed by atoms with Gasteiger partial charge in [-0.05, 0) is 6.07 Å². The molecule has 2 heterocycles. The minimum Gasteiger partial charge on any atom is -0.496 e. The number of fused-ring (bicyclic) bond motifs is 1. The van der Waals surface area contributed by atoms with Gasteiger partial charge < -0.3 is 15.2 Å². The van der Waals surface area contributed by atoms with E-state index in [0.717, 1.165) is 11.3 Å². The Morgan fingerprint density at radius 1 is 1.52 bits per heavy atom. The number of methoxy groups -OCH3 is 1. The van der Waals surface area contributed by atoms with E-state index in [2.05, 4.69) is 5.32 Å². The molecule has 2 N–H and O–H groups in total. The van der Waals surface area contributed by atoms with Gasteiger partial charge in [0.2, 0.25) is 5.91 Å². The summed E-state index contributed by atoms with van der Waals surface area (Å²) in [5, 5.41) is 12.2. The van der Waals surface area contributed by atoms with Gasteiger partial charge in [0.15, 0.2) is 0 Å². The van der Waals surface area contributed by atoms with Gasteiger partial charge in [-0.25, -0.2) is 0 Å². The fourth-order valence-corrected chi connectivity index (χ4v) is 3.45. The lowest BCUT2D eigenvalue weighted by Crippen LogP contribution is -2.40. The van der Waals surface area contributed by atoms with Gasteiger partial charge in [0.25, 0.3) is 0 Å². The van der Waals surface area contributed by atoms with Crippen LogP contribution in [-0.4, -0.2) is 55.2 Å². The van der Waals surface area contributed by atoms with Gasteiger partial charge in [-0.1, -0.05) is 30.4 Å². The minimum absolute atomic E-state index is 0.149. The van der Waals surface area contributed by atoms with Crippen LogP contribution < -0.4 is 10.1 Å². The predicted molar refractivity (Wildman–Crippen MR) is 85.0 cm³/mol. The maximum atomic E-state index is 11.9. The lowest BCUT2D eigenvalue weighted by molar-refractivity contribution is -0.149. The Balaban J connectivity index is 1.67. The molecular weight excluding hydrogens is 296 g/mol. The number of carboxylic acid groups (broad SMARTS) is 1. The third-order valence-electron chi connectivity index (χ3n) is 4.73. The molecule has 1 aromatic rings. The second-order valence-electron chi connectivity index (χ2n) is 6.07. The van der Waals surface area contributed by atoms with Crippen LogP contribution in [-0.2, 0) is 9.59 Å². The standard InChI is InChI=1S/C17H20N2O4/c1-23-14-7-3-2-5-12(14)6-4-8-19-9-13-15(20)18-10-17(13,11-19)16(21)22/h2-7,13H,8-11H2,1H3,(H,18,20)(H,21,22)/b6-4+/t13-,17+/m0/s1. The zero-order valence-corrected chi connectivity index (χ0v) is 13.0. The quantitative estimate of drug-likeness (QED) is 0.842. The van der Waals surface area contributed by atoms with Gasteiger partial charge in [-0.3, -0.25) is 14.5 Å². The number of likely N-dealkylation sites (tertiary alicyclic amines) is 1. The highest BCUT2D eigenvalue weighted by Gasteiger charge is 2.59. The first kappa shape index (κ1) is 15.6. The molecule has 2 atom stereocenters. The first-order chi connectivity index (χ1) is 11.1. The Labute approximate surface area is 134 Å². The number of hydrogen-bond acceptors (Lipinski definition) is 4. The minimum atomic E-state index is -0.977. The number of hydrogen-bond donors (Lipinski definition) is 2. The molecule has 0 bridgehead atoms. The number of amides is 1. The number of carbonyl (C=O) groups excluding carboxylic acids is 1. The van der Waals surface area contributed by atoms with E-state index in [0.29, 0.717) is 19.6 Å². The Morgan fingerprint density at radius 2 is 2.30 bits per heavy atom. The van der Waals surface area contributed by atoms with Gasteiger partial charge in [-0.2, -0.15) is 0 Å². The number of aliphatic carboxylic acids is 1. The molecule has 6 nitrogen and oxygen atoms in total. The number of benzene rings is 1. The van der Waals surface area contributed by atoms with E-state index >= 15 is 0 Å². The van der Waals surface area contributed by atoms with Crippen molar-refractivity contribution in [3.63, 3.8) is 0 Å². The van der Waals surface area contributed by atoms with Crippen molar-refractivity contribution in [2.45, 2.75) is 0 Å².